The zero-order valence-electron chi connectivity index (χ0n) is 14.6. The SMILES string of the molecule is COc1ccc(C)cc1CN1C(=O)N[C@](C)(c2cc(F)ccc2F)C1=O. The summed E-state index contributed by atoms with van der Waals surface area (Å²) in [5.74, 6) is -1.58. The Hall–Kier alpha value is -2.96. The lowest BCUT2D eigenvalue weighted by molar-refractivity contribution is -0.131. The number of benzene rings is 2. The van der Waals surface area contributed by atoms with E-state index in [9.17, 15) is 18.4 Å². The maximum atomic E-state index is 14.2. The van der Waals surface area contributed by atoms with Crippen molar-refractivity contribution in [2.24, 2.45) is 0 Å². The Labute approximate surface area is 149 Å². The second kappa shape index (κ2) is 6.40. The molecule has 0 radical (unpaired) electrons. The van der Waals surface area contributed by atoms with Crippen LogP contribution < -0.4 is 10.1 Å². The quantitative estimate of drug-likeness (QED) is 0.852. The molecular formula is C19H18F2N2O3. The molecule has 5 nitrogen and oxygen atoms in total. The number of hydrogen-bond donors (Lipinski definition) is 1. The van der Waals surface area contributed by atoms with Crippen LogP contribution in [0.1, 0.15) is 23.6 Å². The summed E-state index contributed by atoms with van der Waals surface area (Å²) in [4.78, 5) is 26.3. The first-order valence-corrected chi connectivity index (χ1v) is 7.99. The first-order chi connectivity index (χ1) is 12.3. The Bertz CT molecular complexity index is 900. The molecule has 2 aromatic rings. The molecule has 1 fully saturated rings. The molecule has 7 heteroatoms. The van der Waals surface area contributed by atoms with E-state index in [1.807, 2.05) is 13.0 Å². The fraction of sp³-hybridized carbons (Fsp3) is 0.263. The van der Waals surface area contributed by atoms with Crippen LogP contribution in [0, 0.1) is 18.6 Å². The summed E-state index contributed by atoms with van der Waals surface area (Å²) in [6.45, 7) is 3.20. The minimum atomic E-state index is -1.68. The van der Waals surface area contributed by atoms with Crippen LogP contribution >= 0.6 is 0 Å². The second-order valence-corrected chi connectivity index (χ2v) is 6.39. The lowest BCUT2D eigenvalue weighted by atomic mass is 9.91. The van der Waals surface area contributed by atoms with E-state index in [0.717, 1.165) is 28.7 Å². The number of methoxy groups -OCH3 is 1. The Balaban J connectivity index is 1.97. The number of urea groups is 1. The van der Waals surface area contributed by atoms with Crippen molar-refractivity contribution < 1.29 is 23.1 Å². The average Bonchev–Trinajstić information content (AvgIpc) is 2.81. The Morgan fingerprint density at radius 3 is 2.58 bits per heavy atom. The number of rotatable bonds is 4. The number of nitrogens with one attached hydrogen (secondary N) is 1. The molecule has 0 aliphatic carbocycles. The Morgan fingerprint density at radius 2 is 1.88 bits per heavy atom. The first kappa shape index (κ1) is 17.8. The van der Waals surface area contributed by atoms with Crippen LogP contribution in [0.15, 0.2) is 36.4 Å². The van der Waals surface area contributed by atoms with E-state index in [0.29, 0.717) is 11.3 Å². The molecule has 1 N–H and O–H groups in total. The van der Waals surface area contributed by atoms with Gasteiger partial charge in [-0.1, -0.05) is 17.7 Å². The van der Waals surface area contributed by atoms with Crippen LogP contribution in [-0.2, 0) is 16.9 Å². The smallest absolute Gasteiger partial charge is 0.325 e. The van der Waals surface area contributed by atoms with Crippen LogP contribution in [-0.4, -0.2) is 23.9 Å². The largest absolute Gasteiger partial charge is 0.496 e. The molecule has 0 saturated carbocycles. The highest BCUT2D eigenvalue weighted by molar-refractivity contribution is 6.07. The molecule has 0 aromatic heterocycles. The molecule has 3 amide bonds. The van der Waals surface area contributed by atoms with Crippen molar-refractivity contribution in [3.05, 3.63) is 64.7 Å². The summed E-state index contributed by atoms with van der Waals surface area (Å²) in [7, 11) is 1.49. The standard InChI is InChI=1S/C19H18F2N2O3/c1-11-4-7-16(26-3)12(8-11)10-23-17(24)19(2,22-18(23)25)14-9-13(20)5-6-15(14)21/h4-9H,10H2,1-3H3,(H,22,25)/t19-/m1/s1. The van der Waals surface area contributed by atoms with Crippen molar-refractivity contribution >= 4 is 11.9 Å². The summed E-state index contributed by atoms with van der Waals surface area (Å²) in [6.07, 6.45) is 0. The number of hydrogen-bond acceptors (Lipinski definition) is 3. The lowest BCUT2D eigenvalue weighted by Gasteiger charge is -2.23. The zero-order chi connectivity index (χ0) is 19.1. The summed E-state index contributed by atoms with van der Waals surface area (Å²) in [5, 5.41) is 2.48. The van der Waals surface area contributed by atoms with Gasteiger partial charge in [0, 0.05) is 11.1 Å². The lowest BCUT2D eigenvalue weighted by Crippen LogP contribution is -2.41. The highest BCUT2D eigenvalue weighted by Crippen LogP contribution is 2.33. The molecule has 2 aromatic carbocycles. The topological polar surface area (TPSA) is 58.6 Å². The molecule has 136 valence electrons. The predicted molar refractivity (Wildman–Crippen MR) is 90.5 cm³/mol. The second-order valence-electron chi connectivity index (χ2n) is 6.39. The molecule has 0 unspecified atom stereocenters. The van der Waals surface area contributed by atoms with E-state index < -0.39 is 29.1 Å². The van der Waals surface area contributed by atoms with Crippen molar-refractivity contribution in [1.29, 1.82) is 0 Å². The van der Waals surface area contributed by atoms with E-state index in [4.69, 9.17) is 4.74 Å². The minimum Gasteiger partial charge on any atom is -0.496 e. The van der Waals surface area contributed by atoms with Crippen molar-refractivity contribution in [1.82, 2.24) is 10.2 Å². The Morgan fingerprint density at radius 1 is 1.15 bits per heavy atom. The average molecular weight is 360 g/mol. The van der Waals surface area contributed by atoms with Gasteiger partial charge in [0.1, 0.15) is 22.9 Å². The number of ether oxygens (including phenoxy) is 1. The zero-order valence-corrected chi connectivity index (χ0v) is 14.6. The van der Waals surface area contributed by atoms with Gasteiger partial charge in [-0.15, -0.1) is 0 Å². The number of amides is 3. The summed E-state index contributed by atoms with van der Waals surface area (Å²) >= 11 is 0. The molecule has 3 rings (SSSR count). The van der Waals surface area contributed by atoms with Crippen LogP contribution in [0.2, 0.25) is 0 Å². The van der Waals surface area contributed by atoms with Gasteiger partial charge in [-0.2, -0.15) is 0 Å². The van der Waals surface area contributed by atoms with Gasteiger partial charge in [-0.25, -0.2) is 13.6 Å². The van der Waals surface area contributed by atoms with Gasteiger partial charge in [0.25, 0.3) is 5.91 Å². The molecule has 26 heavy (non-hydrogen) atoms. The Kier molecular flexibility index (Phi) is 4.39. The summed E-state index contributed by atoms with van der Waals surface area (Å²) in [6, 6.07) is 7.53. The number of halogens is 2. The van der Waals surface area contributed by atoms with Crippen molar-refractivity contribution in [3.8, 4) is 5.75 Å². The molecule has 0 bridgehead atoms. The molecular weight excluding hydrogens is 342 g/mol. The van der Waals surface area contributed by atoms with Gasteiger partial charge in [0.2, 0.25) is 0 Å². The minimum absolute atomic E-state index is 0.0396. The fourth-order valence-electron chi connectivity index (χ4n) is 3.11. The van der Waals surface area contributed by atoms with Gasteiger partial charge in [0.15, 0.2) is 0 Å². The van der Waals surface area contributed by atoms with Crippen molar-refractivity contribution in [3.63, 3.8) is 0 Å². The third-order valence-electron chi connectivity index (χ3n) is 4.51. The van der Waals surface area contributed by atoms with Gasteiger partial charge < -0.3 is 10.1 Å². The van der Waals surface area contributed by atoms with Crippen molar-refractivity contribution in [2.75, 3.05) is 7.11 Å². The number of nitrogens with zero attached hydrogens (tertiary/aromatic N) is 1. The van der Waals surface area contributed by atoms with Crippen LogP contribution in [0.3, 0.4) is 0 Å². The third kappa shape index (κ3) is 2.89. The molecule has 1 atom stereocenters. The van der Waals surface area contributed by atoms with E-state index in [1.165, 1.54) is 14.0 Å². The number of aryl methyl sites for hydroxylation is 1. The molecule has 0 spiro atoms. The number of carbonyl (C=O) groups is 2. The first-order valence-electron chi connectivity index (χ1n) is 7.99. The van der Waals surface area contributed by atoms with E-state index in [1.54, 1.807) is 12.1 Å². The summed E-state index contributed by atoms with van der Waals surface area (Å²) < 4.78 is 33.0. The highest BCUT2D eigenvalue weighted by Gasteiger charge is 2.50. The van der Waals surface area contributed by atoms with Crippen LogP contribution in [0.5, 0.6) is 5.75 Å². The molecule has 1 aliphatic rings. The van der Waals surface area contributed by atoms with E-state index >= 15 is 0 Å². The monoisotopic (exact) mass is 360 g/mol. The highest BCUT2D eigenvalue weighted by atomic mass is 19.1. The normalized spacial score (nSPS) is 19.7. The number of imide groups is 1. The fourth-order valence-corrected chi connectivity index (χ4v) is 3.11. The van der Waals surface area contributed by atoms with E-state index in [2.05, 4.69) is 5.32 Å². The van der Waals surface area contributed by atoms with Crippen molar-refractivity contribution in [2.45, 2.75) is 25.9 Å². The number of carbonyl (C=O) groups excluding carboxylic acids is 2. The maximum absolute atomic E-state index is 14.2. The van der Waals surface area contributed by atoms with Gasteiger partial charge in [-0.3, -0.25) is 9.69 Å². The summed E-state index contributed by atoms with van der Waals surface area (Å²) in [5.41, 5.74) is -0.318. The molecule has 1 heterocycles. The molecule has 1 saturated heterocycles. The van der Waals surface area contributed by atoms with Crippen LogP contribution in [0.4, 0.5) is 13.6 Å². The third-order valence-corrected chi connectivity index (χ3v) is 4.51. The molecule has 1 aliphatic heterocycles. The van der Waals surface area contributed by atoms with Crippen LogP contribution in [0.25, 0.3) is 0 Å². The van der Waals surface area contributed by atoms with Gasteiger partial charge in [0.05, 0.1) is 13.7 Å². The van der Waals surface area contributed by atoms with Gasteiger partial charge in [-0.05, 0) is 38.1 Å². The van der Waals surface area contributed by atoms with Gasteiger partial charge >= 0.3 is 6.03 Å². The maximum Gasteiger partial charge on any atom is 0.325 e. The van der Waals surface area contributed by atoms with E-state index in [-0.39, 0.29) is 12.1 Å². The predicted octanol–water partition coefficient (Wildman–Crippen LogP) is 3.25.